The maximum absolute atomic E-state index is 2.29. The molecule has 0 radical (unpaired) electrons. The van der Waals surface area contributed by atoms with Gasteiger partial charge >= 0.3 is 26.2 Å². The van der Waals surface area contributed by atoms with E-state index in [0.717, 1.165) is 17.2 Å². The third kappa shape index (κ3) is 6.16. The van der Waals surface area contributed by atoms with E-state index in [2.05, 4.69) is 135 Å². The van der Waals surface area contributed by atoms with Gasteiger partial charge < -0.3 is 0 Å². The second kappa shape index (κ2) is 12.2. The molecule has 0 saturated carbocycles. The largest absolute Gasteiger partial charge is 2.00 e. The monoisotopic (exact) mass is 564 g/mol. The number of hydrogen-bond acceptors (Lipinski definition) is 0. The van der Waals surface area contributed by atoms with Crippen molar-refractivity contribution >= 4 is 59.9 Å². The molecule has 0 aliphatic heterocycles. The zero-order valence-electron chi connectivity index (χ0n) is 20.0. The fraction of sp³-hybridized carbons (Fsp3) is 0.0625. The van der Waals surface area contributed by atoms with E-state index in [1.54, 1.807) is 0 Å². The second-order valence-corrected chi connectivity index (χ2v) is 11.2. The van der Waals surface area contributed by atoms with Gasteiger partial charge in [-0.3, -0.25) is 0 Å². The standard InChI is InChI=1S/2C16H14P.Zr/c2*1-12-11-13-7-5-6-10-15(13)16(12)17-14-8-3-2-4-9-14;/h2*2-11,17H,1H3;/q2*-1;+2. The Kier molecular flexibility index (Phi) is 9.03. The Morgan fingerprint density at radius 2 is 0.800 bits per heavy atom. The number of aryl methyl sites for hydroxylation is 2. The molecule has 0 bridgehead atoms. The molecule has 0 amide bonds. The second-order valence-electron chi connectivity index (χ2n) is 8.56. The molecule has 3 heteroatoms. The van der Waals surface area contributed by atoms with Crippen molar-refractivity contribution in [2.45, 2.75) is 13.8 Å². The summed E-state index contributed by atoms with van der Waals surface area (Å²) in [4.78, 5) is 0. The molecule has 0 aromatic heterocycles. The topological polar surface area (TPSA) is 0 Å². The van der Waals surface area contributed by atoms with E-state index in [0.29, 0.717) is 0 Å². The van der Waals surface area contributed by atoms with E-state index in [4.69, 9.17) is 0 Å². The number of benzene rings is 4. The summed E-state index contributed by atoms with van der Waals surface area (Å²) in [6.45, 7) is 4.43. The van der Waals surface area contributed by atoms with Gasteiger partial charge in [-0.2, -0.15) is 0 Å². The van der Waals surface area contributed by atoms with Crippen LogP contribution in [-0.2, 0) is 26.2 Å². The van der Waals surface area contributed by atoms with Crippen LogP contribution in [0.4, 0.5) is 0 Å². The number of fused-ring (bicyclic) bond motifs is 2. The molecule has 170 valence electrons. The summed E-state index contributed by atoms with van der Waals surface area (Å²) >= 11 is 0. The van der Waals surface area contributed by atoms with Crippen LogP contribution in [-0.4, -0.2) is 0 Å². The molecule has 2 unspecified atom stereocenters. The van der Waals surface area contributed by atoms with Crippen LogP contribution in [0, 0.1) is 13.8 Å². The Morgan fingerprint density at radius 1 is 0.457 bits per heavy atom. The third-order valence-corrected chi connectivity index (χ3v) is 9.15. The fourth-order valence-corrected chi connectivity index (χ4v) is 6.96. The number of rotatable bonds is 4. The Morgan fingerprint density at radius 3 is 1.20 bits per heavy atom. The van der Waals surface area contributed by atoms with E-state index in [-0.39, 0.29) is 26.2 Å². The molecule has 0 heterocycles. The molecule has 0 fully saturated rings. The molecule has 0 saturated heterocycles. The van der Waals surface area contributed by atoms with Crippen LogP contribution in [0.2, 0.25) is 0 Å². The first-order chi connectivity index (χ1) is 16.7. The van der Waals surface area contributed by atoms with Crippen LogP contribution >= 0.6 is 17.2 Å². The van der Waals surface area contributed by atoms with E-state index in [1.165, 1.54) is 53.9 Å². The average molecular weight is 566 g/mol. The first kappa shape index (κ1) is 25.9. The maximum atomic E-state index is 2.29. The summed E-state index contributed by atoms with van der Waals surface area (Å²) in [5, 5.41) is 11.4. The molecule has 6 aromatic carbocycles. The van der Waals surface area contributed by atoms with E-state index < -0.39 is 0 Å². The van der Waals surface area contributed by atoms with Crippen molar-refractivity contribution in [3.63, 3.8) is 0 Å². The van der Waals surface area contributed by atoms with Gasteiger partial charge in [-0.05, 0) is 10.6 Å². The van der Waals surface area contributed by atoms with E-state index in [1.807, 2.05) is 0 Å². The van der Waals surface area contributed by atoms with Gasteiger partial charge in [0.05, 0.1) is 0 Å². The van der Waals surface area contributed by atoms with Gasteiger partial charge in [0.15, 0.2) is 0 Å². The van der Waals surface area contributed by atoms with Crippen molar-refractivity contribution in [1.82, 2.24) is 0 Å². The third-order valence-electron chi connectivity index (χ3n) is 6.08. The van der Waals surface area contributed by atoms with Crippen molar-refractivity contribution in [2.24, 2.45) is 0 Å². The molecule has 35 heavy (non-hydrogen) atoms. The van der Waals surface area contributed by atoms with Crippen LogP contribution in [0.25, 0.3) is 21.5 Å². The maximum Gasteiger partial charge on any atom is 2.00 e. The summed E-state index contributed by atoms with van der Waals surface area (Å²) in [5.74, 6) is 0. The van der Waals surface area contributed by atoms with E-state index >= 15 is 0 Å². The molecule has 6 aromatic rings. The summed E-state index contributed by atoms with van der Waals surface area (Å²) in [5.41, 5.74) is 2.82. The smallest absolute Gasteiger partial charge is 0.149 e. The SMILES string of the molecule is Cc1[cH-]c2ccccc2c1Pc1ccccc1.Cc1[cH-]c2ccccc2c1Pc1ccccc1.[Zr+2]. The van der Waals surface area contributed by atoms with Gasteiger partial charge in [0.1, 0.15) is 0 Å². The van der Waals surface area contributed by atoms with Crippen molar-refractivity contribution in [3.05, 3.63) is 132 Å². The molecule has 0 N–H and O–H groups in total. The summed E-state index contributed by atoms with van der Waals surface area (Å²) in [7, 11) is 1.51. The number of hydrogen-bond donors (Lipinski definition) is 0. The van der Waals surface area contributed by atoms with Gasteiger partial charge in [0.25, 0.3) is 0 Å². The van der Waals surface area contributed by atoms with Crippen LogP contribution in [0.3, 0.4) is 0 Å². The minimum Gasteiger partial charge on any atom is -0.149 e. The minimum absolute atomic E-state index is 0. The van der Waals surface area contributed by atoms with Crippen molar-refractivity contribution in [3.8, 4) is 0 Å². The van der Waals surface area contributed by atoms with Crippen LogP contribution < -0.4 is 21.2 Å². The van der Waals surface area contributed by atoms with Gasteiger partial charge in [0.2, 0.25) is 0 Å². The fourth-order valence-electron chi connectivity index (χ4n) is 4.40. The van der Waals surface area contributed by atoms with Gasteiger partial charge in [-0.1, -0.05) is 86.6 Å². The first-order valence-electron chi connectivity index (χ1n) is 11.6. The van der Waals surface area contributed by atoms with Crippen molar-refractivity contribution in [2.75, 3.05) is 0 Å². The van der Waals surface area contributed by atoms with Gasteiger partial charge in [-0.15, -0.1) is 109 Å². The average Bonchev–Trinajstić information content (AvgIpc) is 3.36. The minimum atomic E-state index is 0. The molecule has 0 nitrogen and oxygen atoms in total. The molecule has 6 rings (SSSR count). The van der Waals surface area contributed by atoms with Gasteiger partial charge in [-0.25, -0.2) is 0 Å². The molecule has 0 aliphatic carbocycles. The Balaban J connectivity index is 0.000000160. The van der Waals surface area contributed by atoms with Crippen LogP contribution in [0.1, 0.15) is 11.1 Å². The quantitative estimate of drug-likeness (QED) is 0.160. The van der Waals surface area contributed by atoms with E-state index in [9.17, 15) is 0 Å². The molecule has 0 spiro atoms. The molecular weight excluding hydrogens is 538 g/mol. The van der Waals surface area contributed by atoms with Crippen LogP contribution in [0.5, 0.6) is 0 Å². The zero-order chi connectivity index (χ0) is 23.3. The molecule has 2 atom stereocenters. The Labute approximate surface area is 231 Å². The predicted octanol–water partition coefficient (Wildman–Crippen LogP) is 6.99. The van der Waals surface area contributed by atoms with Crippen LogP contribution in [0.15, 0.2) is 121 Å². The van der Waals surface area contributed by atoms with Crippen molar-refractivity contribution < 1.29 is 26.2 Å². The Hall–Kier alpha value is -2.16. The normalized spacial score (nSPS) is 11.3. The first-order valence-corrected chi connectivity index (χ1v) is 13.6. The van der Waals surface area contributed by atoms with Crippen molar-refractivity contribution in [1.29, 1.82) is 0 Å². The summed E-state index contributed by atoms with van der Waals surface area (Å²) in [6, 6.07) is 43.3. The summed E-state index contributed by atoms with van der Waals surface area (Å²) in [6.07, 6.45) is 0. The zero-order valence-corrected chi connectivity index (χ0v) is 24.5. The summed E-state index contributed by atoms with van der Waals surface area (Å²) < 4.78 is 0. The Bertz CT molecular complexity index is 1390. The van der Waals surface area contributed by atoms with Gasteiger partial charge in [0, 0.05) is 0 Å². The predicted molar refractivity (Wildman–Crippen MR) is 157 cm³/mol. The molecular formula is C32H28P2Zr. The molecule has 0 aliphatic rings.